The average Bonchev–Trinajstić information content (AvgIpc) is 2.80. The maximum atomic E-state index is 13.6. The molecule has 1 atom stereocenters. The van der Waals surface area contributed by atoms with Crippen molar-refractivity contribution in [1.29, 1.82) is 0 Å². The number of fused-ring (bicyclic) bond motifs is 1. The minimum atomic E-state index is -4.54. The third-order valence-corrected chi connectivity index (χ3v) is 6.34. The highest BCUT2D eigenvalue weighted by Crippen LogP contribution is 2.38. The Morgan fingerprint density at radius 2 is 1.79 bits per heavy atom. The van der Waals surface area contributed by atoms with Crippen LogP contribution in [0.4, 0.5) is 13.2 Å². The molecule has 0 saturated carbocycles. The zero-order valence-electron chi connectivity index (χ0n) is 18.6. The molecule has 1 aliphatic rings. The number of aryl methyl sites for hydroxylation is 2. The number of ether oxygens (including phenoxy) is 1. The second kappa shape index (κ2) is 12.1. The Balaban J connectivity index is 0.00000385. The van der Waals surface area contributed by atoms with Crippen molar-refractivity contribution >= 4 is 12.4 Å². The van der Waals surface area contributed by atoms with Crippen LogP contribution in [0.2, 0.25) is 0 Å². The van der Waals surface area contributed by atoms with Crippen molar-refractivity contribution in [1.82, 2.24) is 0 Å². The molecule has 33 heavy (non-hydrogen) atoms. The van der Waals surface area contributed by atoms with Crippen LogP contribution in [0.25, 0.3) is 0 Å². The van der Waals surface area contributed by atoms with Crippen molar-refractivity contribution in [3.63, 3.8) is 0 Å². The zero-order valence-corrected chi connectivity index (χ0v) is 19.4. The van der Waals surface area contributed by atoms with E-state index in [0.717, 1.165) is 31.7 Å². The first kappa shape index (κ1) is 27.4. The molecule has 1 aliphatic carbocycles. The van der Waals surface area contributed by atoms with Crippen LogP contribution in [0.5, 0.6) is 5.75 Å². The standard InChI is InChI=1S/C25H32F3NO3.ClH/c26-25(27,28)22-15-18(12-13-24(29,16-30)17-31)10-11-23(22)32-14-4-8-20-7-3-6-19-5-1-2-9-21(19)20;/h1-2,5,9-11,15,20,30-31H,3-4,6-8,12-14,16-17,29H2;1H. The maximum absolute atomic E-state index is 13.6. The predicted octanol–water partition coefficient (Wildman–Crippen LogP) is 5.02. The summed E-state index contributed by atoms with van der Waals surface area (Å²) in [6.45, 7) is -0.660. The van der Waals surface area contributed by atoms with Crippen LogP contribution in [0.3, 0.4) is 0 Å². The predicted molar refractivity (Wildman–Crippen MR) is 125 cm³/mol. The Morgan fingerprint density at radius 1 is 1.06 bits per heavy atom. The first-order valence-electron chi connectivity index (χ1n) is 11.2. The fraction of sp³-hybridized carbons (Fsp3) is 0.520. The monoisotopic (exact) mass is 487 g/mol. The number of rotatable bonds is 10. The van der Waals surface area contributed by atoms with E-state index < -0.39 is 30.5 Å². The Morgan fingerprint density at radius 3 is 2.48 bits per heavy atom. The summed E-state index contributed by atoms with van der Waals surface area (Å²) < 4.78 is 46.4. The Kier molecular flexibility index (Phi) is 10.0. The second-order valence-electron chi connectivity index (χ2n) is 8.79. The molecule has 0 heterocycles. The van der Waals surface area contributed by atoms with Crippen molar-refractivity contribution in [2.75, 3.05) is 19.8 Å². The smallest absolute Gasteiger partial charge is 0.419 e. The van der Waals surface area contributed by atoms with Crippen molar-refractivity contribution in [3.05, 3.63) is 64.7 Å². The summed E-state index contributed by atoms with van der Waals surface area (Å²) >= 11 is 0. The molecule has 184 valence electrons. The number of hydrogen-bond donors (Lipinski definition) is 3. The van der Waals surface area contributed by atoms with Gasteiger partial charge in [-0.05, 0) is 79.7 Å². The molecule has 0 bridgehead atoms. The molecule has 2 aromatic rings. The Bertz CT molecular complexity index is 887. The summed E-state index contributed by atoms with van der Waals surface area (Å²) in [5.74, 6) is 0.260. The largest absolute Gasteiger partial charge is 0.493 e. The van der Waals surface area contributed by atoms with Gasteiger partial charge in [0.25, 0.3) is 0 Å². The van der Waals surface area contributed by atoms with Crippen molar-refractivity contribution in [3.8, 4) is 5.75 Å². The first-order valence-corrected chi connectivity index (χ1v) is 11.2. The number of aliphatic hydroxyl groups is 2. The highest BCUT2D eigenvalue weighted by molar-refractivity contribution is 5.85. The molecular formula is C25H33ClF3NO3. The molecule has 0 fully saturated rings. The lowest BCUT2D eigenvalue weighted by Gasteiger charge is -2.25. The van der Waals surface area contributed by atoms with Gasteiger partial charge in [-0.2, -0.15) is 13.2 Å². The molecule has 0 aliphatic heterocycles. The van der Waals surface area contributed by atoms with E-state index in [1.807, 2.05) is 12.1 Å². The van der Waals surface area contributed by atoms with E-state index in [-0.39, 0.29) is 37.6 Å². The fourth-order valence-corrected chi connectivity index (χ4v) is 4.35. The number of nitrogens with two attached hydrogens (primary N) is 1. The van der Waals surface area contributed by atoms with Crippen LogP contribution in [-0.4, -0.2) is 35.6 Å². The van der Waals surface area contributed by atoms with Crippen LogP contribution in [0, 0.1) is 0 Å². The van der Waals surface area contributed by atoms with Gasteiger partial charge in [-0.15, -0.1) is 12.4 Å². The molecule has 0 aromatic heterocycles. The third-order valence-electron chi connectivity index (χ3n) is 6.34. The van der Waals surface area contributed by atoms with E-state index in [1.54, 1.807) is 6.07 Å². The van der Waals surface area contributed by atoms with Crippen LogP contribution >= 0.6 is 12.4 Å². The normalized spacial score (nSPS) is 16.1. The molecule has 1 unspecified atom stereocenters. The van der Waals surface area contributed by atoms with E-state index >= 15 is 0 Å². The number of aliphatic hydroxyl groups excluding tert-OH is 2. The number of alkyl halides is 3. The molecule has 0 amide bonds. The molecule has 0 spiro atoms. The zero-order chi connectivity index (χ0) is 23.2. The van der Waals surface area contributed by atoms with Crippen LogP contribution in [0.15, 0.2) is 42.5 Å². The lowest BCUT2D eigenvalue weighted by atomic mass is 9.80. The van der Waals surface area contributed by atoms with Gasteiger partial charge in [0, 0.05) is 0 Å². The van der Waals surface area contributed by atoms with E-state index in [2.05, 4.69) is 12.1 Å². The number of halogens is 4. The third kappa shape index (κ3) is 7.34. The maximum Gasteiger partial charge on any atom is 0.419 e. The van der Waals surface area contributed by atoms with Gasteiger partial charge < -0.3 is 20.7 Å². The van der Waals surface area contributed by atoms with E-state index in [0.29, 0.717) is 17.9 Å². The summed E-state index contributed by atoms with van der Waals surface area (Å²) in [4.78, 5) is 0. The molecular weight excluding hydrogens is 455 g/mol. The lowest BCUT2D eigenvalue weighted by Crippen LogP contribution is -2.47. The Labute approximate surface area is 199 Å². The van der Waals surface area contributed by atoms with Crippen LogP contribution < -0.4 is 10.5 Å². The van der Waals surface area contributed by atoms with Crippen molar-refractivity contribution in [2.45, 2.75) is 62.6 Å². The van der Waals surface area contributed by atoms with E-state index in [4.69, 9.17) is 10.5 Å². The topological polar surface area (TPSA) is 75.7 Å². The van der Waals surface area contributed by atoms with Gasteiger partial charge in [0.05, 0.1) is 30.9 Å². The lowest BCUT2D eigenvalue weighted by molar-refractivity contribution is -0.139. The van der Waals surface area contributed by atoms with Crippen molar-refractivity contribution < 1.29 is 28.1 Å². The fourth-order valence-electron chi connectivity index (χ4n) is 4.35. The van der Waals surface area contributed by atoms with Gasteiger partial charge in [-0.3, -0.25) is 0 Å². The highest BCUT2D eigenvalue weighted by Gasteiger charge is 2.35. The van der Waals surface area contributed by atoms with Gasteiger partial charge >= 0.3 is 6.18 Å². The minimum absolute atomic E-state index is 0. The Hall–Kier alpha value is -1.80. The van der Waals surface area contributed by atoms with Gasteiger partial charge in [0.2, 0.25) is 0 Å². The SMILES string of the molecule is Cl.NC(CO)(CO)CCc1ccc(OCCCC2CCCc3ccccc32)c(C(F)(F)F)c1. The quantitative estimate of drug-likeness (QED) is 0.411. The summed E-state index contributed by atoms with van der Waals surface area (Å²) in [7, 11) is 0. The van der Waals surface area contributed by atoms with Gasteiger partial charge in [-0.25, -0.2) is 0 Å². The molecule has 4 nitrogen and oxygen atoms in total. The molecule has 2 aromatic carbocycles. The summed E-state index contributed by atoms with van der Waals surface area (Å²) in [5, 5.41) is 18.6. The molecule has 8 heteroatoms. The van der Waals surface area contributed by atoms with E-state index in [1.165, 1.54) is 17.2 Å². The summed E-state index contributed by atoms with van der Waals surface area (Å²) in [6.07, 6.45) is 0.733. The van der Waals surface area contributed by atoms with Crippen LogP contribution in [0.1, 0.15) is 60.3 Å². The molecule has 4 N–H and O–H groups in total. The summed E-state index contributed by atoms with van der Waals surface area (Å²) in [5.41, 5.74) is 6.97. The number of hydrogen-bond acceptors (Lipinski definition) is 4. The van der Waals surface area contributed by atoms with Gasteiger partial charge in [0.1, 0.15) is 5.75 Å². The first-order chi connectivity index (χ1) is 15.3. The van der Waals surface area contributed by atoms with Gasteiger partial charge in [0.15, 0.2) is 0 Å². The molecule has 3 rings (SSSR count). The van der Waals surface area contributed by atoms with Crippen molar-refractivity contribution in [2.24, 2.45) is 5.73 Å². The van der Waals surface area contributed by atoms with Gasteiger partial charge in [-0.1, -0.05) is 30.3 Å². The average molecular weight is 488 g/mol. The molecule has 0 saturated heterocycles. The number of benzene rings is 2. The summed E-state index contributed by atoms with van der Waals surface area (Å²) in [6, 6.07) is 12.4. The van der Waals surface area contributed by atoms with E-state index in [9.17, 15) is 23.4 Å². The second-order valence-corrected chi connectivity index (χ2v) is 8.79. The highest BCUT2D eigenvalue weighted by atomic mass is 35.5. The minimum Gasteiger partial charge on any atom is -0.493 e. The molecule has 0 radical (unpaired) electrons. The van der Waals surface area contributed by atoms with Crippen LogP contribution in [-0.2, 0) is 19.0 Å².